The molecule has 1 atom stereocenters. The topological polar surface area (TPSA) is 99.4 Å². The lowest BCUT2D eigenvalue weighted by molar-refractivity contribution is -0.121. The van der Waals surface area contributed by atoms with E-state index in [0.717, 1.165) is 18.7 Å². The average molecular weight is 468 g/mol. The second-order valence-electron chi connectivity index (χ2n) is 7.88. The van der Waals surface area contributed by atoms with Crippen LogP contribution in [0.15, 0.2) is 24.3 Å². The third-order valence-electron chi connectivity index (χ3n) is 4.90. The zero-order valence-electron chi connectivity index (χ0n) is 17.6. The third-order valence-corrected chi connectivity index (χ3v) is 5.64. The fourth-order valence-electron chi connectivity index (χ4n) is 3.19. The largest absolute Gasteiger partial charge is 0.374 e. The first-order chi connectivity index (χ1) is 14.8. The van der Waals surface area contributed by atoms with Crippen molar-refractivity contribution in [2.45, 2.75) is 32.9 Å². The first kappa shape index (κ1) is 23.5. The highest BCUT2D eigenvalue weighted by Gasteiger charge is 2.21. The molecule has 0 aliphatic carbocycles. The Labute approximate surface area is 191 Å². The molecule has 31 heavy (non-hydrogen) atoms. The molecule has 0 spiro atoms. The van der Waals surface area contributed by atoms with Crippen molar-refractivity contribution in [2.24, 2.45) is 5.92 Å². The Hall–Kier alpha value is -2.13. The standard InChI is InChI=1S/C21H27Cl2N5O3/c1-13(2)21(30)25-19-8-15(26-27-19)9-20(29)24-10-16-12-28(5-6-31-16)11-14-3-4-17(22)18(23)7-14/h3-4,7-8,13,16H,5-6,9-12H2,1-2H3,(H,24,29)(H2,25,26,27,30)/t16-/m0/s1. The summed E-state index contributed by atoms with van der Waals surface area (Å²) in [5.74, 6) is 0.00297. The van der Waals surface area contributed by atoms with E-state index >= 15 is 0 Å². The fraction of sp³-hybridized carbons (Fsp3) is 0.476. The van der Waals surface area contributed by atoms with Crippen LogP contribution in [-0.2, 0) is 27.3 Å². The van der Waals surface area contributed by atoms with Crippen LogP contribution in [0.1, 0.15) is 25.1 Å². The molecule has 168 valence electrons. The predicted octanol–water partition coefficient (Wildman–Crippen LogP) is 2.87. The number of aromatic amines is 1. The predicted molar refractivity (Wildman–Crippen MR) is 120 cm³/mol. The number of hydrogen-bond acceptors (Lipinski definition) is 5. The molecule has 2 heterocycles. The van der Waals surface area contributed by atoms with E-state index in [-0.39, 0.29) is 30.3 Å². The van der Waals surface area contributed by atoms with Gasteiger partial charge in [-0.25, -0.2) is 0 Å². The minimum atomic E-state index is -0.143. The quantitative estimate of drug-likeness (QED) is 0.554. The second kappa shape index (κ2) is 10.9. The van der Waals surface area contributed by atoms with Crippen molar-refractivity contribution >= 4 is 40.8 Å². The number of rotatable bonds is 8. The molecule has 0 saturated carbocycles. The van der Waals surface area contributed by atoms with Gasteiger partial charge in [-0.1, -0.05) is 43.1 Å². The van der Waals surface area contributed by atoms with E-state index in [1.165, 1.54) is 0 Å². The zero-order valence-corrected chi connectivity index (χ0v) is 19.1. The molecular formula is C21H27Cl2N5O3. The van der Waals surface area contributed by atoms with Crippen LogP contribution < -0.4 is 10.6 Å². The van der Waals surface area contributed by atoms with Gasteiger partial charge in [-0.15, -0.1) is 0 Å². The summed E-state index contributed by atoms with van der Waals surface area (Å²) in [5, 5.41) is 13.5. The van der Waals surface area contributed by atoms with Crippen LogP contribution in [0, 0.1) is 5.92 Å². The van der Waals surface area contributed by atoms with Gasteiger partial charge >= 0.3 is 0 Å². The number of benzene rings is 1. The van der Waals surface area contributed by atoms with Gasteiger partial charge in [0.15, 0.2) is 5.82 Å². The van der Waals surface area contributed by atoms with Gasteiger partial charge in [-0.3, -0.25) is 19.6 Å². The van der Waals surface area contributed by atoms with Gasteiger partial charge in [0.25, 0.3) is 0 Å². The Kier molecular flexibility index (Phi) is 8.31. The molecule has 10 heteroatoms. The molecule has 1 fully saturated rings. The Balaban J connectivity index is 1.43. The van der Waals surface area contributed by atoms with Gasteiger partial charge in [0.1, 0.15) is 0 Å². The number of aromatic nitrogens is 2. The zero-order chi connectivity index (χ0) is 22.4. The maximum atomic E-state index is 12.3. The maximum absolute atomic E-state index is 12.3. The number of carbonyl (C=O) groups excluding carboxylic acids is 2. The fourth-order valence-corrected chi connectivity index (χ4v) is 3.51. The van der Waals surface area contributed by atoms with E-state index in [9.17, 15) is 9.59 Å². The van der Waals surface area contributed by atoms with Crippen molar-refractivity contribution in [3.63, 3.8) is 0 Å². The molecule has 1 saturated heterocycles. The number of H-pyrrole nitrogens is 1. The lowest BCUT2D eigenvalue weighted by Gasteiger charge is -2.33. The van der Waals surface area contributed by atoms with Crippen LogP contribution in [0.2, 0.25) is 10.0 Å². The Morgan fingerprint density at radius 1 is 1.29 bits per heavy atom. The van der Waals surface area contributed by atoms with Crippen LogP contribution in [0.3, 0.4) is 0 Å². The minimum absolute atomic E-state index is 0.0943. The normalized spacial score (nSPS) is 17.0. The molecule has 0 radical (unpaired) electrons. The number of nitrogens with zero attached hydrogens (tertiary/aromatic N) is 2. The summed E-state index contributed by atoms with van der Waals surface area (Å²) in [5.41, 5.74) is 1.71. The van der Waals surface area contributed by atoms with Crippen molar-refractivity contribution in [2.75, 3.05) is 31.6 Å². The summed E-state index contributed by atoms with van der Waals surface area (Å²) in [7, 11) is 0. The highest BCUT2D eigenvalue weighted by Crippen LogP contribution is 2.23. The number of halogens is 2. The summed E-state index contributed by atoms with van der Waals surface area (Å²) >= 11 is 12.1. The van der Waals surface area contributed by atoms with E-state index in [4.69, 9.17) is 27.9 Å². The minimum Gasteiger partial charge on any atom is -0.374 e. The van der Waals surface area contributed by atoms with Crippen molar-refractivity contribution in [1.82, 2.24) is 20.4 Å². The number of carbonyl (C=O) groups is 2. The van der Waals surface area contributed by atoms with Gasteiger partial charge in [0.2, 0.25) is 11.8 Å². The van der Waals surface area contributed by atoms with Gasteiger partial charge in [-0.05, 0) is 17.7 Å². The molecule has 1 aromatic heterocycles. The van der Waals surface area contributed by atoms with Crippen molar-refractivity contribution in [1.29, 1.82) is 0 Å². The molecule has 2 aromatic rings. The van der Waals surface area contributed by atoms with Gasteiger partial charge in [0, 0.05) is 43.9 Å². The van der Waals surface area contributed by atoms with E-state index in [0.29, 0.717) is 41.3 Å². The van der Waals surface area contributed by atoms with Crippen LogP contribution in [-0.4, -0.2) is 59.3 Å². The van der Waals surface area contributed by atoms with E-state index in [2.05, 4.69) is 25.7 Å². The monoisotopic (exact) mass is 467 g/mol. The van der Waals surface area contributed by atoms with Crippen LogP contribution in [0.25, 0.3) is 0 Å². The number of anilines is 1. The van der Waals surface area contributed by atoms with Gasteiger partial charge < -0.3 is 15.4 Å². The van der Waals surface area contributed by atoms with Crippen molar-refractivity contribution < 1.29 is 14.3 Å². The number of amides is 2. The van der Waals surface area contributed by atoms with Crippen LogP contribution in [0.4, 0.5) is 5.82 Å². The number of nitrogens with one attached hydrogen (secondary N) is 3. The molecular weight excluding hydrogens is 441 g/mol. The summed E-state index contributed by atoms with van der Waals surface area (Å²) in [4.78, 5) is 26.3. The highest BCUT2D eigenvalue weighted by atomic mass is 35.5. The number of hydrogen-bond donors (Lipinski definition) is 3. The highest BCUT2D eigenvalue weighted by molar-refractivity contribution is 6.42. The smallest absolute Gasteiger partial charge is 0.228 e. The molecule has 8 nitrogen and oxygen atoms in total. The molecule has 1 aliphatic heterocycles. The third kappa shape index (κ3) is 7.21. The number of ether oxygens (including phenoxy) is 1. The Bertz CT molecular complexity index is 918. The molecule has 3 rings (SSSR count). The van der Waals surface area contributed by atoms with Crippen molar-refractivity contribution in [3.05, 3.63) is 45.6 Å². The average Bonchev–Trinajstić information content (AvgIpc) is 3.16. The van der Waals surface area contributed by atoms with Gasteiger partial charge in [0.05, 0.1) is 29.2 Å². The summed E-state index contributed by atoms with van der Waals surface area (Å²) in [6.07, 6.45) is 0.0488. The lowest BCUT2D eigenvalue weighted by Crippen LogP contribution is -2.47. The molecule has 2 amide bonds. The summed E-state index contributed by atoms with van der Waals surface area (Å²) in [6.45, 7) is 6.87. The van der Waals surface area contributed by atoms with Gasteiger partial charge in [-0.2, -0.15) is 5.10 Å². The molecule has 0 unspecified atom stereocenters. The van der Waals surface area contributed by atoms with Crippen LogP contribution >= 0.6 is 23.2 Å². The van der Waals surface area contributed by atoms with E-state index in [1.807, 2.05) is 12.1 Å². The van der Waals surface area contributed by atoms with E-state index < -0.39 is 0 Å². The van der Waals surface area contributed by atoms with Crippen molar-refractivity contribution in [3.8, 4) is 0 Å². The molecule has 1 aliphatic rings. The second-order valence-corrected chi connectivity index (χ2v) is 8.69. The van der Waals surface area contributed by atoms with E-state index in [1.54, 1.807) is 26.0 Å². The summed E-state index contributed by atoms with van der Waals surface area (Å²) < 4.78 is 5.79. The summed E-state index contributed by atoms with van der Waals surface area (Å²) in [6, 6.07) is 7.30. The molecule has 1 aromatic carbocycles. The SMILES string of the molecule is CC(C)C(=O)Nc1cc(CC(=O)NC[C@H]2CN(Cc3ccc(Cl)c(Cl)c3)CCO2)[nH]n1. The Morgan fingerprint density at radius 2 is 2.10 bits per heavy atom. The Morgan fingerprint density at radius 3 is 2.84 bits per heavy atom. The first-order valence-corrected chi connectivity index (χ1v) is 11.0. The molecule has 3 N–H and O–H groups in total. The molecule has 0 bridgehead atoms. The maximum Gasteiger partial charge on any atom is 0.228 e. The van der Waals surface area contributed by atoms with Crippen LogP contribution in [0.5, 0.6) is 0 Å². The first-order valence-electron chi connectivity index (χ1n) is 10.2. The lowest BCUT2D eigenvalue weighted by atomic mass is 10.2. The number of morpholine rings is 1.